The van der Waals surface area contributed by atoms with Crippen molar-refractivity contribution >= 4 is 43.4 Å². The average Bonchev–Trinajstić information content (AvgIpc) is 2.73. The zero-order chi connectivity index (χ0) is 11.8. The number of fused-ring (bicyclic) bond motifs is 1. The van der Waals surface area contributed by atoms with Crippen molar-refractivity contribution in [2.75, 3.05) is 11.4 Å². The average molecular weight is 354 g/mol. The predicted molar refractivity (Wildman–Crippen MR) is 76.8 cm³/mol. The summed E-state index contributed by atoms with van der Waals surface area (Å²) in [5, 5.41) is 0. The zero-order valence-electron chi connectivity index (χ0n) is 9.03. The molecule has 0 unspecified atom stereocenters. The minimum atomic E-state index is 0.984. The van der Waals surface area contributed by atoms with Gasteiger partial charge in [-0.3, -0.25) is 0 Å². The summed E-state index contributed by atoms with van der Waals surface area (Å²) in [5.74, 6) is 0.984. The van der Waals surface area contributed by atoms with Crippen LogP contribution >= 0.6 is 31.9 Å². The number of aromatic nitrogens is 1. The monoisotopic (exact) mass is 352 g/mol. The standard InChI is InChI=1S/C13H10Br2N2/c14-10-7-11(15)13(16-8-10)17-6-5-9-3-1-2-4-12(9)17/h1-4,7-8H,5-6H2. The summed E-state index contributed by atoms with van der Waals surface area (Å²) in [7, 11) is 0. The van der Waals surface area contributed by atoms with Gasteiger partial charge in [-0.05, 0) is 56.0 Å². The molecule has 4 heteroatoms. The topological polar surface area (TPSA) is 16.1 Å². The van der Waals surface area contributed by atoms with E-state index in [-0.39, 0.29) is 0 Å². The Morgan fingerprint density at radius 1 is 1.18 bits per heavy atom. The smallest absolute Gasteiger partial charge is 0.147 e. The van der Waals surface area contributed by atoms with Gasteiger partial charge in [0, 0.05) is 22.9 Å². The highest BCUT2D eigenvalue weighted by Crippen LogP contribution is 2.37. The fraction of sp³-hybridized carbons (Fsp3) is 0.154. The number of hydrogen-bond donors (Lipinski definition) is 0. The lowest BCUT2D eigenvalue weighted by Gasteiger charge is -2.19. The summed E-state index contributed by atoms with van der Waals surface area (Å²) in [6.45, 7) is 0.993. The van der Waals surface area contributed by atoms with Crippen LogP contribution in [0.15, 0.2) is 45.5 Å². The number of benzene rings is 1. The van der Waals surface area contributed by atoms with E-state index in [1.54, 1.807) is 0 Å². The molecule has 0 saturated heterocycles. The maximum atomic E-state index is 4.49. The maximum Gasteiger partial charge on any atom is 0.147 e. The van der Waals surface area contributed by atoms with Crippen molar-refractivity contribution in [2.24, 2.45) is 0 Å². The Bertz CT molecular complexity index is 569. The quantitative estimate of drug-likeness (QED) is 0.759. The van der Waals surface area contributed by atoms with E-state index in [1.807, 2.05) is 12.3 Å². The third-order valence-corrected chi connectivity index (χ3v) is 3.95. The molecule has 2 nitrogen and oxygen atoms in total. The molecule has 3 rings (SSSR count). The van der Waals surface area contributed by atoms with Gasteiger partial charge >= 0.3 is 0 Å². The molecule has 0 saturated carbocycles. The van der Waals surface area contributed by atoms with Crippen LogP contribution < -0.4 is 4.90 Å². The van der Waals surface area contributed by atoms with Gasteiger partial charge in [-0.15, -0.1) is 0 Å². The lowest BCUT2D eigenvalue weighted by atomic mass is 10.2. The summed E-state index contributed by atoms with van der Waals surface area (Å²) in [6, 6.07) is 10.5. The van der Waals surface area contributed by atoms with Crippen LogP contribution in [0, 0.1) is 0 Å². The van der Waals surface area contributed by atoms with Gasteiger partial charge in [0.15, 0.2) is 0 Å². The summed E-state index contributed by atoms with van der Waals surface area (Å²) in [6.07, 6.45) is 2.92. The van der Waals surface area contributed by atoms with Crippen molar-refractivity contribution in [3.8, 4) is 0 Å². The molecule has 0 spiro atoms. The van der Waals surface area contributed by atoms with Gasteiger partial charge in [0.05, 0.1) is 4.47 Å². The third-order valence-electron chi connectivity index (χ3n) is 2.93. The SMILES string of the molecule is Brc1cnc(N2CCc3ccccc32)c(Br)c1. The first-order chi connectivity index (χ1) is 8.25. The van der Waals surface area contributed by atoms with Crippen molar-refractivity contribution in [3.05, 3.63) is 51.0 Å². The van der Waals surface area contributed by atoms with Crippen LogP contribution in [-0.2, 0) is 6.42 Å². The third kappa shape index (κ3) is 2.00. The number of anilines is 2. The molecule has 2 heterocycles. The Labute approximate surface area is 117 Å². The molecule has 0 aliphatic carbocycles. The molecular formula is C13H10Br2N2. The van der Waals surface area contributed by atoms with E-state index >= 15 is 0 Å². The Hall–Kier alpha value is -0.870. The van der Waals surface area contributed by atoms with Gasteiger partial charge in [-0.25, -0.2) is 4.98 Å². The molecular weight excluding hydrogens is 344 g/mol. The second kappa shape index (κ2) is 4.42. The van der Waals surface area contributed by atoms with Crippen molar-refractivity contribution in [1.82, 2.24) is 4.98 Å². The molecule has 17 heavy (non-hydrogen) atoms. The number of pyridine rings is 1. The minimum absolute atomic E-state index is 0.984. The van der Waals surface area contributed by atoms with E-state index in [0.29, 0.717) is 0 Å². The molecule has 86 valence electrons. The summed E-state index contributed by atoms with van der Waals surface area (Å²) < 4.78 is 2.00. The van der Waals surface area contributed by atoms with Gasteiger partial charge in [0.2, 0.25) is 0 Å². The Kier molecular flexibility index (Phi) is 2.92. The van der Waals surface area contributed by atoms with Crippen molar-refractivity contribution < 1.29 is 0 Å². The van der Waals surface area contributed by atoms with Crippen LogP contribution in [0.5, 0.6) is 0 Å². The molecule has 0 fully saturated rings. The van der Waals surface area contributed by atoms with Gasteiger partial charge < -0.3 is 4.90 Å². The number of para-hydroxylation sites is 1. The van der Waals surface area contributed by atoms with Crippen molar-refractivity contribution in [2.45, 2.75) is 6.42 Å². The molecule has 0 bridgehead atoms. The number of hydrogen-bond acceptors (Lipinski definition) is 2. The van der Waals surface area contributed by atoms with Gasteiger partial charge in [0.1, 0.15) is 5.82 Å². The van der Waals surface area contributed by atoms with E-state index in [9.17, 15) is 0 Å². The van der Waals surface area contributed by atoms with Gasteiger partial charge in [0.25, 0.3) is 0 Å². The zero-order valence-corrected chi connectivity index (χ0v) is 12.2. The summed E-state index contributed by atoms with van der Waals surface area (Å²) in [5.41, 5.74) is 2.66. The second-order valence-electron chi connectivity index (χ2n) is 3.99. The first-order valence-corrected chi connectivity index (χ1v) is 7.01. The van der Waals surface area contributed by atoms with E-state index in [1.165, 1.54) is 11.3 Å². The molecule has 0 radical (unpaired) electrons. The molecule has 0 atom stereocenters. The Balaban J connectivity index is 2.07. The number of halogens is 2. The van der Waals surface area contributed by atoms with E-state index in [4.69, 9.17) is 0 Å². The van der Waals surface area contributed by atoms with Crippen LogP contribution in [0.1, 0.15) is 5.56 Å². The fourth-order valence-corrected chi connectivity index (χ4v) is 3.37. The van der Waals surface area contributed by atoms with E-state index in [2.05, 4.69) is 66.0 Å². The summed E-state index contributed by atoms with van der Waals surface area (Å²) >= 11 is 7.00. The normalized spacial score (nSPS) is 13.9. The highest BCUT2D eigenvalue weighted by Gasteiger charge is 2.22. The fourth-order valence-electron chi connectivity index (χ4n) is 2.16. The molecule has 1 aromatic heterocycles. The van der Waals surface area contributed by atoms with Crippen LogP contribution in [0.4, 0.5) is 11.5 Å². The number of nitrogens with zero attached hydrogens (tertiary/aromatic N) is 2. The molecule has 1 aliphatic rings. The molecule has 1 aliphatic heterocycles. The predicted octanol–water partition coefficient (Wildman–Crippen LogP) is 4.30. The second-order valence-corrected chi connectivity index (χ2v) is 5.76. The Morgan fingerprint density at radius 2 is 2.00 bits per heavy atom. The first kappa shape index (κ1) is 11.2. The maximum absolute atomic E-state index is 4.49. The van der Waals surface area contributed by atoms with Gasteiger partial charge in [-0.2, -0.15) is 0 Å². The number of rotatable bonds is 1. The minimum Gasteiger partial charge on any atom is -0.325 e. The molecule has 1 aromatic carbocycles. The van der Waals surface area contributed by atoms with Gasteiger partial charge in [-0.1, -0.05) is 18.2 Å². The highest BCUT2D eigenvalue weighted by atomic mass is 79.9. The molecule has 2 aromatic rings. The molecule has 0 N–H and O–H groups in total. The summed E-state index contributed by atoms with van der Waals surface area (Å²) in [4.78, 5) is 6.75. The largest absolute Gasteiger partial charge is 0.325 e. The van der Waals surface area contributed by atoms with Crippen LogP contribution in [-0.4, -0.2) is 11.5 Å². The van der Waals surface area contributed by atoms with Crippen molar-refractivity contribution in [3.63, 3.8) is 0 Å². The van der Waals surface area contributed by atoms with E-state index < -0.39 is 0 Å². The van der Waals surface area contributed by atoms with Crippen LogP contribution in [0.2, 0.25) is 0 Å². The van der Waals surface area contributed by atoms with E-state index in [0.717, 1.165) is 27.7 Å². The molecule has 0 amide bonds. The van der Waals surface area contributed by atoms with Crippen LogP contribution in [0.25, 0.3) is 0 Å². The van der Waals surface area contributed by atoms with Crippen molar-refractivity contribution in [1.29, 1.82) is 0 Å². The van der Waals surface area contributed by atoms with Crippen LogP contribution in [0.3, 0.4) is 0 Å². The lowest BCUT2D eigenvalue weighted by Crippen LogP contribution is -2.15. The highest BCUT2D eigenvalue weighted by molar-refractivity contribution is 9.11. The Morgan fingerprint density at radius 3 is 2.82 bits per heavy atom. The first-order valence-electron chi connectivity index (χ1n) is 5.42. The lowest BCUT2D eigenvalue weighted by molar-refractivity contribution is 0.969.